The summed E-state index contributed by atoms with van der Waals surface area (Å²) in [4.78, 5) is 24.5. The van der Waals surface area contributed by atoms with Gasteiger partial charge in [-0.2, -0.15) is 0 Å². The van der Waals surface area contributed by atoms with Gasteiger partial charge in [0.15, 0.2) is 0 Å². The first-order valence-electron chi connectivity index (χ1n) is 5.67. The average Bonchev–Trinajstić information content (AvgIpc) is 2.15. The molecule has 7 heteroatoms. The van der Waals surface area contributed by atoms with E-state index in [0.717, 1.165) is 31.9 Å². The Morgan fingerprint density at radius 1 is 1.29 bits per heavy atom. The van der Waals surface area contributed by atoms with Crippen molar-refractivity contribution in [2.45, 2.75) is 32.1 Å². The molecule has 0 radical (unpaired) electrons. The SMILES string of the molecule is CS(=O)(=O)NC(=O)CN1CCCCCCC1=O. The zero-order valence-electron chi connectivity index (χ0n) is 9.94. The number of likely N-dealkylation sites (tertiary alicyclic amines) is 1. The Balaban J connectivity index is 2.52. The van der Waals surface area contributed by atoms with E-state index in [4.69, 9.17) is 0 Å². The molecule has 17 heavy (non-hydrogen) atoms. The van der Waals surface area contributed by atoms with Crippen LogP contribution in [0.25, 0.3) is 0 Å². The third kappa shape index (κ3) is 5.67. The zero-order valence-corrected chi connectivity index (χ0v) is 10.8. The first-order valence-corrected chi connectivity index (χ1v) is 7.56. The highest BCUT2D eigenvalue weighted by Crippen LogP contribution is 2.11. The minimum Gasteiger partial charge on any atom is -0.333 e. The minimum absolute atomic E-state index is 0.0756. The first kappa shape index (κ1) is 14.0. The number of hydrogen-bond donors (Lipinski definition) is 1. The number of carbonyl (C=O) groups excluding carboxylic acids is 2. The van der Waals surface area contributed by atoms with Crippen LogP contribution in [0.1, 0.15) is 32.1 Å². The highest BCUT2D eigenvalue weighted by atomic mass is 32.2. The van der Waals surface area contributed by atoms with Crippen molar-refractivity contribution in [2.24, 2.45) is 0 Å². The van der Waals surface area contributed by atoms with Gasteiger partial charge < -0.3 is 4.90 Å². The van der Waals surface area contributed by atoms with Crippen LogP contribution in [0, 0.1) is 0 Å². The molecule has 1 saturated heterocycles. The molecule has 0 bridgehead atoms. The molecule has 0 aromatic heterocycles. The van der Waals surface area contributed by atoms with E-state index in [1.165, 1.54) is 4.90 Å². The summed E-state index contributed by atoms with van der Waals surface area (Å²) in [5.74, 6) is -0.727. The summed E-state index contributed by atoms with van der Waals surface area (Å²) in [6, 6.07) is 0. The van der Waals surface area contributed by atoms with Gasteiger partial charge in [-0.15, -0.1) is 0 Å². The molecule has 1 rings (SSSR count). The number of nitrogens with one attached hydrogen (secondary N) is 1. The normalized spacial score (nSPS) is 18.4. The molecule has 0 saturated carbocycles. The van der Waals surface area contributed by atoms with E-state index in [-0.39, 0.29) is 12.5 Å². The van der Waals surface area contributed by atoms with Gasteiger partial charge in [0.25, 0.3) is 5.91 Å². The lowest BCUT2D eigenvalue weighted by molar-refractivity contribution is -0.136. The minimum atomic E-state index is -3.55. The second-order valence-corrected chi connectivity index (χ2v) is 6.03. The smallest absolute Gasteiger partial charge is 0.253 e. The van der Waals surface area contributed by atoms with Crippen LogP contribution in [0.5, 0.6) is 0 Å². The van der Waals surface area contributed by atoms with Gasteiger partial charge in [0.2, 0.25) is 15.9 Å². The largest absolute Gasteiger partial charge is 0.333 e. The number of amides is 2. The lowest BCUT2D eigenvalue weighted by Crippen LogP contribution is -2.43. The van der Waals surface area contributed by atoms with Gasteiger partial charge in [-0.05, 0) is 12.8 Å². The molecule has 6 nitrogen and oxygen atoms in total. The maximum absolute atomic E-state index is 11.7. The second kappa shape index (κ2) is 6.00. The summed E-state index contributed by atoms with van der Waals surface area (Å²) in [5, 5.41) is 0. The van der Waals surface area contributed by atoms with Gasteiger partial charge >= 0.3 is 0 Å². The fourth-order valence-electron chi connectivity index (χ4n) is 1.79. The van der Waals surface area contributed by atoms with Gasteiger partial charge in [0.1, 0.15) is 6.54 Å². The van der Waals surface area contributed by atoms with E-state index < -0.39 is 15.9 Å². The number of rotatable bonds is 3. The zero-order chi connectivity index (χ0) is 12.9. The third-order valence-corrected chi connectivity index (χ3v) is 3.15. The van der Waals surface area contributed by atoms with Crippen molar-refractivity contribution in [2.75, 3.05) is 19.3 Å². The van der Waals surface area contributed by atoms with Crippen molar-refractivity contribution in [3.63, 3.8) is 0 Å². The molecule has 2 amide bonds. The van der Waals surface area contributed by atoms with Crippen molar-refractivity contribution in [3.8, 4) is 0 Å². The van der Waals surface area contributed by atoms with E-state index in [2.05, 4.69) is 0 Å². The Bertz CT molecular complexity index is 391. The molecule has 98 valence electrons. The fourth-order valence-corrected chi connectivity index (χ4v) is 2.27. The van der Waals surface area contributed by atoms with Crippen LogP contribution in [0.4, 0.5) is 0 Å². The molecule has 1 heterocycles. The Morgan fingerprint density at radius 2 is 1.94 bits per heavy atom. The van der Waals surface area contributed by atoms with Crippen molar-refractivity contribution in [1.29, 1.82) is 0 Å². The van der Waals surface area contributed by atoms with Crippen LogP contribution in [-0.2, 0) is 19.6 Å². The molecule has 1 aliphatic rings. The summed E-state index contributed by atoms with van der Waals surface area (Å²) in [7, 11) is -3.55. The predicted molar refractivity (Wildman–Crippen MR) is 62.7 cm³/mol. The number of sulfonamides is 1. The maximum atomic E-state index is 11.7. The van der Waals surface area contributed by atoms with Gasteiger partial charge in [-0.3, -0.25) is 14.3 Å². The van der Waals surface area contributed by atoms with Crippen LogP contribution in [0.15, 0.2) is 0 Å². The van der Waals surface area contributed by atoms with Crippen molar-refractivity contribution >= 4 is 21.8 Å². The third-order valence-electron chi connectivity index (χ3n) is 2.56. The lowest BCUT2D eigenvalue weighted by atomic mass is 10.1. The van der Waals surface area contributed by atoms with Crippen LogP contribution in [-0.4, -0.2) is 44.5 Å². The van der Waals surface area contributed by atoms with Crippen molar-refractivity contribution < 1.29 is 18.0 Å². The molecule has 1 fully saturated rings. The van der Waals surface area contributed by atoms with Crippen LogP contribution in [0.3, 0.4) is 0 Å². The Labute approximate surface area is 101 Å². The van der Waals surface area contributed by atoms with Crippen LogP contribution < -0.4 is 4.72 Å². The standard InChI is InChI=1S/C10H18N2O4S/c1-17(15,16)11-9(13)8-12-7-5-3-2-4-6-10(12)14/h2-8H2,1H3,(H,11,13). The summed E-state index contributed by atoms with van der Waals surface area (Å²) in [5.41, 5.74) is 0. The average molecular weight is 262 g/mol. The molecule has 1 aliphatic heterocycles. The molecular weight excluding hydrogens is 244 g/mol. The molecule has 0 aromatic carbocycles. The number of carbonyl (C=O) groups is 2. The number of hydrogen-bond acceptors (Lipinski definition) is 4. The molecular formula is C10H18N2O4S. The Morgan fingerprint density at radius 3 is 2.59 bits per heavy atom. The monoisotopic (exact) mass is 262 g/mol. The van der Waals surface area contributed by atoms with Gasteiger partial charge in [0.05, 0.1) is 6.26 Å². The van der Waals surface area contributed by atoms with Gasteiger partial charge in [-0.25, -0.2) is 8.42 Å². The molecule has 1 N–H and O–H groups in total. The molecule has 0 spiro atoms. The molecule has 0 aromatic rings. The summed E-state index contributed by atoms with van der Waals surface area (Å²) in [6.45, 7) is 0.349. The van der Waals surface area contributed by atoms with Gasteiger partial charge in [-0.1, -0.05) is 12.8 Å². The van der Waals surface area contributed by atoms with E-state index in [9.17, 15) is 18.0 Å². The van der Waals surface area contributed by atoms with E-state index in [0.29, 0.717) is 13.0 Å². The quantitative estimate of drug-likeness (QED) is 0.767. The number of nitrogens with zero attached hydrogens (tertiary/aromatic N) is 1. The van der Waals surface area contributed by atoms with Gasteiger partial charge in [0, 0.05) is 13.0 Å². The summed E-state index contributed by atoms with van der Waals surface area (Å²) in [6.07, 6.45) is 5.12. The highest BCUT2D eigenvalue weighted by Gasteiger charge is 2.19. The van der Waals surface area contributed by atoms with E-state index >= 15 is 0 Å². The molecule has 0 aliphatic carbocycles. The fraction of sp³-hybridized carbons (Fsp3) is 0.800. The van der Waals surface area contributed by atoms with E-state index in [1.54, 1.807) is 0 Å². The molecule has 0 unspecified atom stereocenters. The van der Waals surface area contributed by atoms with Crippen LogP contribution >= 0.6 is 0 Å². The highest BCUT2D eigenvalue weighted by molar-refractivity contribution is 7.89. The van der Waals surface area contributed by atoms with E-state index in [1.807, 2.05) is 4.72 Å². The first-order chi connectivity index (χ1) is 7.88. The Kier molecular flexibility index (Phi) is 4.92. The lowest BCUT2D eigenvalue weighted by Gasteiger charge is -2.23. The predicted octanol–water partition coefficient (Wildman–Crippen LogP) is -0.145. The maximum Gasteiger partial charge on any atom is 0.253 e. The van der Waals surface area contributed by atoms with Crippen LogP contribution in [0.2, 0.25) is 0 Å². The second-order valence-electron chi connectivity index (χ2n) is 4.28. The topological polar surface area (TPSA) is 83.6 Å². The Hall–Kier alpha value is -1.11. The summed E-state index contributed by atoms with van der Waals surface area (Å²) >= 11 is 0. The molecule has 0 atom stereocenters. The van der Waals surface area contributed by atoms with Crippen molar-refractivity contribution in [3.05, 3.63) is 0 Å². The van der Waals surface area contributed by atoms with Crippen molar-refractivity contribution in [1.82, 2.24) is 9.62 Å². The summed E-state index contributed by atoms with van der Waals surface area (Å²) < 4.78 is 23.6.